The highest BCUT2D eigenvalue weighted by molar-refractivity contribution is 8.93. The van der Waals surface area contributed by atoms with Gasteiger partial charge in [-0.2, -0.15) is 0 Å². The van der Waals surface area contributed by atoms with E-state index >= 15 is 0 Å². The predicted octanol–water partition coefficient (Wildman–Crippen LogP) is 2.90. The van der Waals surface area contributed by atoms with Gasteiger partial charge < -0.3 is 10.0 Å². The summed E-state index contributed by atoms with van der Waals surface area (Å²) in [6, 6.07) is 10.8. The van der Waals surface area contributed by atoms with Crippen molar-refractivity contribution in [2.75, 3.05) is 26.2 Å². The first-order chi connectivity index (χ1) is 8.38. The fourth-order valence-corrected chi connectivity index (χ4v) is 2.66. The van der Waals surface area contributed by atoms with E-state index in [1.807, 2.05) is 0 Å². The summed E-state index contributed by atoms with van der Waals surface area (Å²) in [7, 11) is 0. The van der Waals surface area contributed by atoms with Crippen LogP contribution in [0.5, 0.6) is 0 Å². The number of halogens is 1. The minimum Gasteiger partial charge on any atom is -0.396 e. The molecule has 102 valence electrons. The van der Waals surface area contributed by atoms with Crippen LogP contribution in [0.3, 0.4) is 0 Å². The van der Waals surface area contributed by atoms with E-state index < -0.39 is 0 Å². The first kappa shape index (κ1) is 15.7. The van der Waals surface area contributed by atoms with Crippen LogP contribution in [0.25, 0.3) is 0 Å². The summed E-state index contributed by atoms with van der Waals surface area (Å²) in [6.07, 6.45) is 4.76. The van der Waals surface area contributed by atoms with Crippen LogP contribution in [0.2, 0.25) is 0 Å². The van der Waals surface area contributed by atoms with Gasteiger partial charge in [-0.15, -0.1) is 17.0 Å². The van der Waals surface area contributed by atoms with Crippen LogP contribution < -0.4 is 0 Å². The van der Waals surface area contributed by atoms with Crippen LogP contribution in [0.4, 0.5) is 0 Å². The molecule has 1 N–H and O–H groups in total. The number of likely N-dealkylation sites (tertiary alicyclic amines) is 1. The van der Waals surface area contributed by atoms with Gasteiger partial charge in [-0.05, 0) is 50.3 Å². The zero-order valence-corrected chi connectivity index (χ0v) is 12.6. The Kier molecular flexibility index (Phi) is 7.56. The highest BCUT2D eigenvalue weighted by Gasteiger charge is 2.18. The third kappa shape index (κ3) is 5.09. The van der Waals surface area contributed by atoms with Crippen molar-refractivity contribution in [2.24, 2.45) is 5.92 Å². The lowest BCUT2D eigenvalue weighted by Crippen LogP contribution is -2.35. The standard InChI is InChI=1S/C15H23NO.BrH/c17-12-4-9-16-10-7-15(8-11-16)13-14-5-2-1-3-6-14;/h1-3,5-6,15,17H,4,7-13H2;1H. The molecule has 0 unspecified atom stereocenters. The Morgan fingerprint density at radius 3 is 2.39 bits per heavy atom. The molecule has 1 saturated heterocycles. The van der Waals surface area contributed by atoms with Crippen molar-refractivity contribution in [1.82, 2.24) is 4.90 Å². The number of aliphatic hydroxyl groups excluding tert-OH is 1. The number of piperidine rings is 1. The molecule has 0 atom stereocenters. The lowest BCUT2D eigenvalue weighted by molar-refractivity contribution is 0.167. The van der Waals surface area contributed by atoms with Gasteiger partial charge in [-0.3, -0.25) is 0 Å². The van der Waals surface area contributed by atoms with Crippen molar-refractivity contribution >= 4 is 17.0 Å². The number of rotatable bonds is 5. The van der Waals surface area contributed by atoms with Crippen LogP contribution in [0.1, 0.15) is 24.8 Å². The molecular weight excluding hydrogens is 290 g/mol. The molecule has 1 aliphatic heterocycles. The Morgan fingerprint density at radius 1 is 1.11 bits per heavy atom. The second-order valence-electron chi connectivity index (χ2n) is 5.05. The average molecular weight is 314 g/mol. The van der Waals surface area contributed by atoms with Gasteiger partial charge >= 0.3 is 0 Å². The molecule has 0 bridgehead atoms. The van der Waals surface area contributed by atoms with Gasteiger partial charge in [0.2, 0.25) is 0 Å². The van der Waals surface area contributed by atoms with E-state index in [1.54, 1.807) is 0 Å². The molecule has 0 saturated carbocycles. The SMILES string of the molecule is Br.OCCCN1CCC(Cc2ccccc2)CC1. The first-order valence-corrected chi connectivity index (χ1v) is 6.75. The third-order valence-corrected chi connectivity index (χ3v) is 3.71. The third-order valence-electron chi connectivity index (χ3n) is 3.71. The highest BCUT2D eigenvalue weighted by atomic mass is 79.9. The average Bonchev–Trinajstić information content (AvgIpc) is 2.39. The normalized spacial score (nSPS) is 17.4. The Hall–Kier alpha value is -0.380. The molecule has 0 spiro atoms. The second kappa shape index (κ2) is 8.68. The highest BCUT2D eigenvalue weighted by Crippen LogP contribution is 2.21. The molecule has 2 nitrogen and oxygen atoms in total. The molecule has 0 amide bonds. The zero-order valence-electron chi connectivity index (χ0n) is 10.9. The van der Waals surface area contributed by atoms with Crippen molar-refractivity contribution in [3.8, 4) is 0 Å². The molecule has 1 aliphatic rings. The minimum atomic E-state index is 0. The Labute approximate surface area is 121 Å². The minimum absolute atomic E-state index is 0. The molecule has 3 heteroatoms. The molecule has 1 aromatic rings. The number of benzene rings is 1. The van der Waals surface area contributed by atoms with Gasteiger partial charge in [-0.25, -0.2) is 0 Å². The molecule has 18 heavy (non-hydrogen) atoms. The number of hydrogen-bond donors (Lipinski definition) is 1. The molecule has 0 aliphatic carbocycles. The second-order valence-corrected chi connectivity index (χ2v) is 5.05. The smallest absolute Gasteiger partial charge is 0.0443 e. The van der Waals surface area contributed by atoms with Crippen molar-refractivity contribution in [1.29, 1.82) is 0 Å². The van der Waals surface area contributed by atoms with E-state index in [0.717, 1.165) is 18.9 Å². The predicted molar refractivity (Wildman–Crippen MR) is 81.3 cm³/mol. The van der Waals surface area contributed by atoms with E-state index in [2.05, 4.69) is 35.2 Å². The molecule has 1 heterocycles. The van der Waals surface area contributed by atoms with E-state index in [-0.39, 0.29) is 17.0 Å². The van der Waals surface area contributed by atoms with Gasteiger partial charge in [0, 0.05) is 13.2 Å². The summed E-state index contributed by atoms with van der Waals surface area (Å²) in [5, 5.41) is 8.82. The lowest BCUT2D eigenvalue weighted by atomic mass is 9.90. The van der Waals surface area contributed by atoms with Crippen LogP contribution in [-0.4, -0.2) is 36.2 Å². The van der Waals surface area contributed by atoms with E-state index in [4.69, 9.17) is 5.11 Å². The summed E-state index contributed by atoms with van der Waals surface area (Å²) in [6.45, 7) is 3.80. The van der Waals surface area contributed by atoms with Crippen LogP contribution in [0.15, 0.2) is 30.3 Å². The maximum absolute atomic E-state index is 8.82. The molecule has 0 aromatic heterocycles. The van der Waals surface area contributed by atoms with E-state index in [1.165, 1.54) is 37.9 Å². The van der Waals surface area contributed by atoms with Crippen molar-refractivity contribution in [3.05, 3.63) is 35.9 Å². The maximum Gasteiger partial charge on any atom is 0.0443 e. The maximum atomic E-state index is 8.82. The van der Waals surface area contributed by atoms with E-state index in [9.17, 15) is 0 Å². The number of hydrogen-bond acceptors (Lipinski definition) is 2. The monoisotopic (exact) mass is 313 g/mol. The Morgan fingerprint density at radius 2 is 1.78 bits per heavy atom. The van der Waals surface area contributed by atoms with Crippen LogP contribution in [-0.2, 0) is 6.42 Å². The van der Waals surface area contributed by atoms with Gasteiger partial charge in [-0.1, -0.05) is 30.3 Å². The summed E-state index contributed by atoms with van der Waals surface area (Å²) in [5.41, 5.74) is 1.47. The largest absolute Gasteiger partial charge is 0.396 e. The van der Waals surface area contributed by atoms with Crippen molar-refractivity contribution in [3.63, 3.8) is 0 Å². The van der Waals surface area contributed by atoms with Gasteiger partial charge in [0.05, 0.1) is 0 Å². The quantitative estimate of drug-likeness (QED) is 0.903. The number of nitrogens with zero attached hydrogens (tertiary/aromatic N) is 1. The molecule has 1 aromatic carbocycles. The fourth-order valence-electron chi connectivity index (χ4n) is 2.66. The first-order valence-electron chi connectivity index (χ1n) is 6.75. The summed E-state index contributed by atoms with van der Waals surface area (Å²) in [5.74, 6) is 0.850. The fraction of sp³-hybridized carbons (Fsp3) is 0.600. The van der Waals surface area contributed by atoms with Gasteiger partial charge in [0.1, 0.15) is 0 Å². The van der Waals surface area contributed by atoms with Crippen molar-refractivity contribution in [2.45, 2.75) is 25.7 Å². The van der Waals surface area contributed by atoms with Crippen LogP contribution in [0, 0.1) is 5.92 Å². The van der Waals surface area contributed by atoms with E-state index in [0.29, 0.717) is 6.61 Å². The lowest BCUT2D eigenvalue weighted by Gasteiger charge is -2.31. The Balaban J connectivity index is 0.00000162. The molecule has 2 rings (SSSR count). The van der Waals surface area contributed by atoms with Crippen molar-refractivity contribution < 1.29 is 5.11 Å². The molecular formula is C15H24BrNO. The summed E-state index contributed by atoms with van der Waals surface area (Å²) in [4.78, 5) is 2.48. The molecule has 0 radical (unpaired) electrons. The topological polar surface area (TPSA) is 23.5 Å². The van der Waals surface area contributed by atoms with Gasteiger partial charge in [0.25, 0.3) is 0 Å². The Bertz CT molecular complexity index is 310. The summed E-state index contributed by atoms with van der Waals surface area (Å²) < 4.78 is 0. The van der Waals surface area contributed by atoms with Crippen LogP contribution >= 0.6 is 17.0 Å². The summed E-state index contributed by atoms with van der Waals surface area (Å²) >= 11 is 0. The zero-order chi connectivity index (χ0) is 11.9. The number of aliphatic hydroxyl groups is 1. The van der Waals surface area contributed by atoms with Gasteiger partial charge in [0.15, 0.2) is 0 Å². The molecule has 1 fully saturated rings.